The molecule has 0 aromatic heterocycles. The van der Waals surface area contributed by atoms with Crippen LogP contribution < -0.4 is 0 Å². The van der Waals surface area contributed by atoms with Crippen molar-refractivity contribution in [2.75, 3.05) is 0 Å². The average molecular weight is 264 g/mol. The fourth-order valence-corrected chi connectivity index (χ4v) is 3.43. The fraction of sp³-hybridized carbons (Fsp3) is 0.750. The molecular formula is C4H8O9S2. The predicted octanol–water partition coefficient (Wildman–Crippen LogP) is -2.08. The summed E-state index contributed by atoms with van der Waals surface area (Å²) in [5, 5.41) is 17.4. The van der Waals surface area contributed by atoms with Crippen LogP contribution >= 0.6 is 0 Å². The van der Waals surface area contributed by atoms with E-state index in [1.807, 2.05) is 0 Å². The number of aliphatic carboxylic acids is 1. The van der Waals surface area contributed by atoms with Gasteiger partial charge in [0.15, 0.2) is 5.60 Å². The first-order valence-corrected chi connectivity index (χ1v) is 6.20. The average Bonchev–Trinajstić information content (AvgIpc) is 1.76. The maximum Gasteiger partial charge on any atom is 0.338 e. The fourth-order valence-electron chi connectivity index (χ4n) is 0.834. The van der Waals surface area contributed by atoms with Crippen molar-refractivity contribution in [1.82, 2.24) is 0 Å². The van der Waals surface area contributed by atoms with Gasteiger partial charge in [0.1, 0.15) is 0 Å². The quantitative estimate of drug-likeness (QED) is 0.417. The number of rotatable bonds is 4. The predicted molar refractivity (Wildman–Crippen MR) is 45.1 cm³/mol. The van der Waals surface area contributed by atoms with Gasteiger partial charge < -0.3 is 10.2 Å². The van der Waals surface area contributed by atoms with Crippen LogP contribution in [0.25, 0.3) is 0 Å². The van der Waals surface area contributed by atoms with Crippen molar-refractivity contribution in [3.8, 4) is 0 Å². The second kappa shape index (κ2) is 3.68. The van der Waals surface area contributed by atoms with Gasteiger partial charge in [-0.15, -0.1) is 0 Å². The minimum absolute atomic E-state index is 0.307. The second-order valence-electron chi connectivity index (χ2n) is 2.81. The van der Waals surface area contributed by atoms with Crippen molar-refractivity contribution in [2.45, 2.75) is 17.1 Å². The summed E-state index contributed by atoms with van der Waals surface area (Å²) in [5.41, 5.74) is -3.37. The van der Waals surface area contributed by atoms with Crippen LogP contribution in [0.1, 0.15) is 6.92 Å². The molecule has 1 unspecified atom stereocenters. The Bertz CT molecular complexity index is 422. The lowest BCUT2D eigenvalue weighted by Gasteiger charge is -2.23. The normalized spacial score (nSPS) is 17.4. The van der Waals surface area contributed by atoms with Gasteiger partial charge in [0.05, 0.1) is 0 Å². The maximum absolute atomic E-state index is 10.5. The number of aliphatic hydroxyl groups is 1. The van der Waals surface area contributed by atoms with E-state index in [1.54, 1.807) is 0 Å². The van der Waals surface area contributed by atoms with E-state index in [1.165, 1.54) is 0 Å². The van der Waals surface area contributed by atoms with Gasteiger partial charge >= 0.3 is 5.97 Å². The van der Waals surface area contributed by atoms with Crippen molar-refractivity contribution in [2.24, 2.45) is 0 Å². The van der Waals surface area contributed by atoms with Gasteiger partial charge in [-0.05, 0) is 6.92 Å². The topological polar surface area (TPSA) is 166 Å². The Hall–Kier alpha value is -0.750. The highest BCUT2D eigenvalue weighted by Crippen LogP contribution is 2.22. The molecular weight excluding hydrogens is 256 g/mol. The van der Waals surface area contributed by atoms with Crippen LogP contribution in [0.3, 0.4) is 0 Å². The SMILES string of the molecule is CC(O)(C(=O)O)C(S(=O)(=O)O)S(=O)(=O)O. The van der Waals surface area contributed by atoms with E-state index in [2.05, 4.69) is 0 Å². The molecule has 0 saturated carbocycles. The largest absolute Gasteiger partial charge is 0.479 e. The Balaban J connectivity index is 5.88. The van der Waals surface area contributed by atoms with E-state index in [0.29, 0.717) is 6.92 Å². The molecule has 0 radical (unpaired) electrons. The zero-order chi connectivity index (χ0) is 12.7. The van der Waals surface area contributed by atoms with Crippen LogP contribution in [0.15, 0.2) is 0 Å². The minimum atomic E-state index is -5.49. The Morgan fingerprint density at radius 3 is 1.47 bits per heavy atom. The van der Waals surface area contributed by atoms with Crippen LogP contribution in [0.2, 0.25) is 0 Å². The molecule has 0 aliphatic rings. The Morgan fingerprint density at radius 1 is 1.13 bits per heavy atom. The monoisotopic (exact) mass is 264 g/mol. The molecule has 11 heteroatoms. The highest BCUT2D eigenvalue weighted by Gasteiger charge is 2.55. The molecule has 0 aliphatic carbocycles. The Kier molecular flexibility index (Phi) is 3.49. The molecule has 15 heavy (non-hydrogen) atoms. The van der Waals surface area contributed by atoms with Gasteiger partial charge in [-0.25, -0.2) is 4.79 Å². The molecule has 4 N–H and O–H groups in total. The third kappa shape index (κ3) is 3.10. The number of carbonyl (C=O) groups is 1. The van der Waals surface area contributed by atoms with E-state index >= 15 is 0 Å². The van der Waals surface area contributed by atoms with Crippen molar-refractivity contribution < 1.29 is 40.9 Å². The molecule has 1 atom stereocenters. The Labute approximate surface area is 84.8 Å². The van der Waals surface area contributed by atoms with Crippen molar-refractivity contribution in [1.29, 1.82) is 0 Å². The van der Waals surface area contributed by atoms with Crippen LogP contribution in [0, 0.1) is 0 Å². The lowest BCUT2D eigenvalue weighted by atomic mass is 10.1. The molecule has 90 valence electrons. The van der Waals surface area contributed by atoms with Gasteiger partial charge in [-0.1, -0.05) is 0 Å². The highest BCUT2D eigenvalue weighted by atomic mass is 32.3. The molecule has 0 spiro atoms. The summed E-state index contributed by atoms with van der Waals surface area (Å²) in [5.74, 6) is -2.23. The van der Waals surface area contributed by atoms with E-state index in [0.717, 1.165) is 0 Å². The number of carboxylic acid groups (broad SMARTS) is 1. The molecule has 9 nitrogen and oxygen atoms in total. The molecule has 0 aromatic rings. The summed E-state index contributed by atoms with van der Waals surface area (Å²) in [6, 6.07) is 0. The minimum Gasteiger partial charge on any atom is -0.479 e. The highest BCUT2D eigenvalue weighted by molar-refractivity contribution is 8.04. The first-order valence-electron chi connectivity index (χ1n) is 3.19. The van der Waals surface area contributed by atoms with Gasteiger partial charge in [-0.3, -0.25) is 9.11 Å². The van der Waals surface area contributed by atoms with Crippen molar-refractivity contribution in [3.63, 3.8) is 0 Å². The van der Waals surface area contributed by atoms with Crippen molar-refractivity contribution in [3.05, 3.63) is 0 Å². The molecule has 0 heterocycles. The Morgan fingerprint density at radius 2 is 1.40 bits per heavy atom. The van der Waals surface area contributed by atoms with Crippen molar-refractivity contribution >= 4 is 26.2 Å². The molecule has 0 rings (SSSR count). The number of hydrogen-bond donors (Lipinski definition) is 4. The first-order chi connectivity index (χ1) is 6.31. The molecule has 0 saturated heterocycles. The summed E-state index contributed by atoms with van der Waals surface area (Å²) in [6.07, 6.45) is 0. The molecule has 0 amide bonds. The van der Waals surface area contributed by atoms with Crippen LogP contribution in [-0.4, -0.2) is 52.3 Å². The molecule has 0 fully saturated rings. The van der Waals surface area contributed by atoms with E-state index in [9.17, 15) is 21.6 Å². The molecule has 0 aromatic carbocycles. The van der Waals surface area contributed by atoms with Gasteiger partial charge in [-0.2, -0.15) is 16.8 Å². The van der Waals surface area contributed by atoms with Gasteiger partial charge in [0.2, 0.25) is 0 Å². The summed E-state index contributed by atoms with van der Waals surface area (Å²) in [6.45, 7) is 0.307. The van der Waals surface area contributed by atoms with Gasteiger partial charge in [0.25, 0.3) is 24.8 Å². The number of hydrogen-bond acceptors (Lipinski definition) is 6. The van der Waals surface area contributed by atoms with E-state index in [4.69, 9.17) is 19.3 Å². The second-order valence-corrected chi connectivity index (χ2v) is 6.12. The summed E-state index contributed by atoms with van der Waals surface area (Å²) >= 11 is 0. The summed E-state index contributed by atoms with van der Waals surface area (Å²) in [4.78, 5) is 10.4. The third-order valence-electron chi connectivity index (χ3n) is 1.43. The van der Waals surface area contributed by atoms with Crippen LogP contribution in [0.5, 0.6) is 0 Å². The smallest absolute Gasteiger partial charge is 0.338 e. The summed E-state index contributed by atoms with van der Waals surface area (Å²) < 4.78 is 55.6. The third-order valence-corrected chi connectivity index (χ3v) is 4.89. The lowest BCUT2D eigenvalue weighted by molar-refractivity contribution is -0.155. The lowest BCUT2D eigenvalue weighted by Crippen LogP contribution is -2.54. The zero-order valence-electron chi connectivity index (χ0n) is 7.22. The van der Waals surface area contributed by atoms with Crippen LogP contribution in [0.4, 0.5) is 0 Å². The first kappa shape index (κ1) is 14.2. The number of carboxylic acids is 1. The standard InChI is InChI=1S/C4H8O9S2/c1-4(7,2(5)6)3(14(8,9)10)15(11,12)13/h3,7H,1H3,(H,5,6)(H,8,9,10)(H,11,12,13). The van der Waals surface area contributed by atoms with Gasteiger partial charge in [0, 0.05) is 0 Å². The summed E-state index contributed by atoms with van der Waals surface area (Å²) in [7, 11) is -11.0. The molecule has 0 bridgehead atoms. The van der Waals surface area contributed by atoms with E-state index in [-0.39, 0.29) is 0 Å². The maximum atomic E-state index is 10.5. The molecule has 0 aliphatic heterocycles. The van der Waals surface area contributed by atoms with Crippen LogP contribution in [-0.2, 0) is 25.0 Å². The van der Waals surface area contributed by atoms with E-state index < -0.39 is 36.4 Å². The zero-order valence-corrected chi connectivity index (χ0v) is 8.86.